The summed E-state index contributed by atoms with van der Waals surface area (Å²) in [4.78, 5) is 19.3. The number of piperidine rings is 1. The van der Waals surface area contributed by atoms with Gasteiger partial charge in [0, 0.05) is 30.5 Å². The van der Waals surface area contributed by atoms with Gasteiger partial charge in [-0.2, -0.15) is 4.98 Å². The van der Waals surface area contributed by atoms with Gasteiger partial charge in [-0.05, 0) is 36.1 Å². The fourth-order valence-electron chi connectivity index (χ4n) is 3.51. The lowest BCUT2D eigenvalue weighted by molar-refractivity contribution is 0.0703. The highest BCUT2D eigenvalue weighted by molar-refractivity contribution is 5.94. The first-order valence-electron chi connectivity index (χ1n) is 8.94. The Balaban J connectivity index is 1.49. The first kappa shape index (κ1) is 16.3. The third-order valence-electron chi connectivity index (χ3n) is 4.99. The highest BCUT2D eigenvalue weighted by Crippen LogP contribution is 2.28. The van der Waals surface area contributed by atoms with Crippen molar-refractivity contribution in [1.82, 2.24) is 15.0 Å². The molecule has 0 bridgehead atoms. The molecule has 6 heteroatoms. The lowest BCUT2D eigenvalue weighted by Crippen LogP contribution is -2.39. The average Bonchev–Trinajstić information content (AvgIpc) is 3.30. The van der Waals surface area contributed by atoms with E-state index in [1.165, 1.54) is 5.56 Å². The largest absolute Gasteiger partial charge is 0.372 e. The summed E-state index contributed by atoms with van der Waals surface area (Å²) >= 11 is 0. The van der Waals surface area contributed by atoms with E-state index in [1.807, 2.05) is 36.9 Å². The Kier molecular flexibility index (Phi) is 4.29. The van der Waals surface area contributed by atoms with Gasteiger partial charge in [-0.3, -0.25) is 4.79 Å². The van der Waals surface area contributed by atoms with Crippen LogP contribution in [0.3, 0.4) is 0 Å². The average molecular weight is 341 g/mol. The lowest BCUT2D eigenvalue weighted by atomic mass is 9.96. The van der Waals surface area contributed by atoms with Crippen molar-refractivity contribution < 1.29 is 14.1 Å². The minimum absolute atomic E-state index is 0.0759. The van der Waals surface area contributed by atoms with Crippen molar-refractivity contribution in [3.05, 3.63) is 46.6 Å². The Morgan fingerprint density at radius 3 is 2.92 bits per heavy atom. The van der Waals surface area contributed by atoms with Crippen LogP contribution in [-0.4, -0.2) is 34.0 Å². The van der Waals surface area contributed by atoms with Crippen molar-refractivity contribution >= 4 is 5.91 Å². The molecule has 1 fully saturated rings. The molecule has 3 heterocycles. The van der Waals surface area contributed by atoms with Gasteiger partial charge in [0.2, 0.25) is 5.89 Å². The molecule has 0 N–H and O–H groups in total. The number of amides is 1. The van der Waals surface area contributed by atoms with E-state index in [1.54, 1.807) is 0 Å². The fraction of sp³-hybridized carbons (Fsp3) is 0.526. The summed E-state index contributed by atoms with van der Waals surface area (Å²) in [7, 11) is 0. The topological polar surface area (TPSA) is 68.5 Å². The smallest absolute Gasteiger partial charge is 0.253 e. The van der Waals surface area contributed by atoms with Gasteiger partial charge in [-0.15, -0.1) is 0 Å². The van der Waals surface area contributed by atoms with E-state index in [-0.39, 0.29) is 17.7 Å². The molecule has 25 heavy (non-hydrogen) atoms. The van der Waals surface area contributed by atoms with Gasteiger partial charge >= 0.3 is 0 Å². The second-order valence-electron chi connectivity index (χ2n) is 7.21. The van der Waals surface area contributed by atoms with Crippen LogP contribution in [0, 0.1) is 0 Å². The molecular weight excluding hydrogens is 318 g/mol. The molecule has 0 aliphatic carbocycles. The maximum Gasteiger partial charge on any atom is 0.253 e. The van der Waals surface area contributed by atoms with Crippen molar-refractivity contribution in [3.8, 4) is 0 Å². The number of hydrogen-bond donors (Lipinski definition) is 0. The third kappa shape index (κ3) is 3.18. The van der Waals surface area contributed by atoms with Crippen LogP contribution >= 0.6 is 0 Å². The van der Waals surface area contributed by atoms with E-state index in [9.17, 15) is 4.79 Å². The number of carbonyl (C=O) groups excluding carboxylic acids is 1. The second-order valence-corrected chi connectivity index (χ2v) is 7.21. The highest BCUT2D eigenvalue weighted by atomic mass is 16.5. The van der Waals surface area contributed by atoms with Crippen LogP contribution in [0.2, 0.25) is 0 Å². The molecule has 1 atom stereocenters. The second kappa shape index (κ2) is 6.59. The molecule has 2 aromatic rings. The van der Waals surface area contributed by atoms with Crippen LogP contribution < -0.4 is 0 Å². The molecule has 1 amide bonds. The molecule has 132 valence electrons. The standard InChI is InChI=1S/C19H23N3O3/c1-12(2)18-20-17(21-25-18)14-4-3-7-22(9-14)19(23)13-5-6-15-10-24-11-16(15)8-13/h5-6,8,12,14H,3-4,7,9-11H2,1-2H3. The molecule has 4 rings (SSSR count). The monoisotopic (exact) mass is 341 g/mol. The van der Waals surface area contributed by atoms with E-state index >= 15 is 0 Å². The van der Waals surface area contributed by atoms with Crippen LogP contribution in [0.15, 0.2) is 22.7 Å². The maximum atomic E-state index is 12.9. The number of rotatable bonds is 3. The predicted molar refractivity (Wildman–Crippen MR) is 91.2 cm³/mol. The van der Waals surface area contributed by atoms with E-state index in [0.29, 0.717) is 25.6 Å². The van der Waals surface area contributed by atoms with E-state index in [4.69, 9.17) is 9.26 Å². The highest BCUT2D eigenvalue weighted by Gasteiger charge is 2.29. The number of carbonyl (C=O) groups is 1. The summed E-state index contributed by atoms with van der Waals surface area (Å²) in [5.41, 5.74) is 3.04. The number of likely N-dealkylation sites (tertiary alicyclic amines) is 1. The van der Waals surface area contributed by atoms with Gasteiger partial charge in [-0.25, -0.2) is 0 Å². The molecule has 0 saturated carbocycles. The van der Waals surface area contributed by atoms with Gasteiger partial charge in [0.25, 0.3) is 5.91 Å². The quantitative estimate of drug-likeness (QED) is 0.857. The van der Waals surface area contributed by atoms with Crippen LogP contribution in [0.25, 0.3) is 0 Å². The van der Waals surface area contributed by atoms with Gasteiger partial charge in [-0.1, -0.05) is 25.1 Å². The first-order valence-corrected chi connectivity index (χ1v) is 8.94. The van der Waals surface area contributed by atoms with Gasteiger partial charge in [0.15, 0.2) is 5.82 Å². The zero-order valence-electron chi connectivity index (χ0n) is 14.7. The van der Waals surface area contributed by atoms with E-state index in [2.05, 4.69) is 10.1 Å². The maximum absolute atomic E-state index is 12.9. The summed E-state index contributed by atoms with van der Waals surface area (Å²) in [6.07, 6.45) is 1.94. The summed E-state index contributed by atoms with van der Waals surface area (Å²) in [5.74, 6) is 1.83. The summed E-state index contributed by atoms with van der Waals surface area (Å²) in [6, 6.07) is 5.88. The normalized spacial score (nSPS) is 20.1. The number of nitrogens with zero attached hydrogens (tertiary/aromatic N) is 3. The van der Waals surface area contributed by atoms with E-state index < -0.39 is 0 Å². The number of aromatic nitrogens is 2. The molecule has 1 unspecified atom stereocenters. The molecule has 2 aliphatic heterocycles. The SMILES string of the molecule is CC(C)c1nc(C2CCCN(C(=O)c3ccc4c(c3)COC4)C2)no1. The van der Waals surface area contributed by atoms with Crippen molar-refractivity contribution in [3.63, 3.8) is 0 Å². The molecular formula is C19H23N3O3. The molecule has 1 saturated heterocycles. The number of fused-ring (bicyclic) bond motifs is 1. The Hall–Kier alpha value is -2.21. The van der Waals surface area contributed by atoms with Crippen LogP contribution in [0.1, 0.15) is 71.7 Å². The molecule has 2 aliphatic rings. The predicted octanol–water partition coefficient (Wildman–Crippen LogP) is 3.24. The van der Waals surface area contributed by atoms with Gasteiger partial charge in [0.1, 0.15) is 0 Å². The fourth-order valence-corrected chi connectivity index (χ4v) is 3.51. The van der Waals surface area contributed by atoms with Crippen LogP contribution in [0.4, 0.5) is 0 Å². The molecule has 1 aromatic carbocycles. The summed E-state index contributed by atoms with van der Waals surface area (Å²) in [5, 5.41) is 4.13. The van der Waals surface area contributed by atoms with Crippen molar-refractivity contribution in [2.24, 2.45) is 0 Å². The van der Waals surface area contributed by atoms with Crippen molar-refractivity contribution in [2.75, 3.05) is 13.1 Å². The van der Waals surface area contributed by atoms with Crippen molar-refractivity contribution in [2.45, 2.75) is 51.7 Å². The van der Waals surface area contributed by atoms with Gasteiger partial charge < -0.3 is 14.2 Å². The first-order chi connectivity index (χ1) is 12.1. The Labute approximate surface area is 147 Å². The Morgan fingerprint density at radius 2 is 2.12 bits per heavy atom. The van der Waals surface area contributed by atoms with Crippen molar-refractivity contribution in [1.29, 1.82) is 0 Å². The molecule has 1 aromatic heterocycles. The Morgan fingerprint density at radius 1 is 1.28 bits per heavy atom. The third-order valence-corrected chi connectivity index (χ3v) is 4.99. The Bertz CT molecular complexity index is 784. The summed E-state index contributed by atoms with van der Waals surface area (Å²) < 4.78 is 10.8. The van der Waals surface area contributed by atoms with Crippen LogP contribution in [0.5, 0.6) is 0 Å². The number of benzene rings is 1. The lowest BCUT2D eigenvalue weighted by Gasteiger charge is -2.31. The number of hydrogen-bond acceptors (Lipinski definition) is 5. The molecule has 6 nitrogen and oxygen atoms in total. The van der Waals surface area contributed by atoms with E-state index in [0.717, 1.165) is 36.3 Å². The summed E-state index contributed by atoms with van der Waals surface area (Å²) in [6.45, 7) is 6.73. The minimum Gasteiger partial charge on any atom is -0.372 e. The zero-order chi connectivity index (χ0) is 17.4. The number of ether oxygens (including phenoxy) is 1. The zero-order valence-corrected chi connectivity index (χ0v) is 14.7. The van der Waals surface area contributed by atoms with Crippen LogP contribution in [-0.2, 0) is 18.0 Å². The molecule has 0 radical (unpaired) electrons. The van der Waals surface area contributed by atoms with Gasteiger partial charge in [0.05, 0.1) is 13.2 Å². The molecule has 0 spiro atoms. The minimum atomic E-state index is 0.0759.